The van der Waals surface area contributed by atoms with Crippen LogP contribution in [0.15, 0.2) is 30.3 Å². The molecular weight excluding hydrogens is 288 g/mol. The highest BCUT2D eigenvalue weighted by Crippen LogP contribution is 2.20. The number of nitrogens with two attached hydrogens (primary N) is 2. The monoisotopic (exact) mass is 312 g/mol. The van der Waals surface area contributed by atoms with Gasteiger partial charge in [0.05, 0.1) is 0 Å². The number of nitrogen functional groups attached to an aromatic ring is 2. The van der Waals surface area contributed by atoms with Crippen molar-refractivity contribution in [3.05, 3.63) is 35.9 Å². The molecule has 0 amide bonds. The fraction of sp³-hybridized carbons (Fsp3) is 0.412. The van der Waals surface area contributed by atoms with E-state index in [9.17, 15) is 0 Å². The third kappa shape index (κ3) is 3.97. The summed E-state index contributed by atoms with van der Waals surface area (Å²) < 4.78 is 0. The molecule has 4 N–H and O–H groups in total. The molecule has 1 aromatic carbocycles. The van der Waals surface area contributed by atoms with Gasteiger partial charge < -0.3 is 16.4 Å². The van der Waals surface area contributed by atoms with Crippen molar-refractivity contribution in [3.8, 4) is 11.4 Å². The van der Waals surface area contributed by atoms with Gasteiger partial charge in [0.2, 0.25) is 0 Å². The van der Waals surface area contributed by atoms with Crippen LogP contribution in [0.4, 0.5) is 11.6 Å². The molecule has 1 aliphatic rings. The molecule has 122 valence electrons. The summed E-state index contributed by atoms with van der Waals surface area (Å²) >= 11 is 0. The molecule has 1 fully saturated rings. The van der Waals surface area contributed by atoms with E-state index in [0.29, 0.717) is 17.5 Å². The minimum atomic E-state index is 0.397. The van der Waals surface area contributed by atoms with E-state index in [1.54, 1.807) is 6.07 Å². The van der Waals surface area contributed by atoms with Gasteiger partial charge in [-0.15, -0.1) is 0 Å². The highest BCUT2D eigenvalue weighted by Gasteiger charge is 2.15. The Morgan fingerprint density at radius 1 is 0.957 bits per heavy atom. The van der Waals surface area contributed by atoms with Crippen molar-refractivity contribution in [1.29, 1.82) is 0 Å². The first-order valence-electron chi connectivity index (χ1n) is 8.08. The Morgan fingerprint density at radius 2 is 1.61 bits per heavy atom. The third-order valence-electron chi connectivity index (χ3n) is 4.27. The van der Waals surface area contributed by atoms with Crippen molar-refractivity contribution in [2.45, 2.75) is 13.5 Å². The van der Waals surface area contributed by atoms with E-state index in [-0.39, 0.29) is 0 Å². The highest BCUT2D eigenvalue weighted by molar-refractivity contribution is 5.60. The molecule has 2 heterocycles. The summed E-state index contributed by atoms with van der Waals surface area (Å²) in [6, 6.07) is 9.87. The lowest BCUT2D eigenvalue weighted by molar-refractivity contribution is 0.132. The maximum Gasteiger partial charge on any atom is 0.163 e. The standard InChI is InChI=1S/C17H24N6/c1-2-22-6-8-23(9-7-22)12-13-4-3-5-14(10-13)17-20-15(18)11-16(19)21-17/h3-5,10-11H,2,6-9,12H2,1H3,(H4,18,19,20,21). The zero-order valence-electron chi connectivity index (χ0n) is 13.6. The van der Waals surface area contributed by atoms with Crippen LogP contribution in [0.2, 0.25) is 0 Å². The molecule has 6 heteroatoms. The van der Waals surface area contributed by atoms with E-state index in [2.05, 4.69) is 38.8 Å². The molecule has 0 radical (unpaired) electrons. The number of likely N-dealkylation sites (N-methyl/N-ethyl adjacent to an activating group) is 1. The maximum atomic E-state index is 5.77. The Labute approximate surface area is 137 Å². The molecule has 0 atom stereocenters. The summed E-state index contributed by atoms with van der Waals surface area (Å²) in [6.45, 7) is 8.81. The van der Waals surface area contributed by atoms with Crippen LogP contribution in [-0.4, -0.2) is 52.5 Å². The Morgan fingerprint density at radius 3 is 2.26 bits per heavy atom. The van der Waals surface area contributed by atoms with Crippen LogP contribution in [0.25, 0.3) is 11.4 Å². The Hall–Kier alpha value is -2.18. The van der Waals surface area contributed by atoms with E-state index < -0.39 is 0 Å². The molecule has 0 saturated carbocycles. The molecule has 0 unspecified atom stereocenters. The number of nitrogens with zero attached hydrogens (tertiary/aromatic N) is 4. The first-order chi connectivity index (χ1) is 11.1. The van der Waals surface area contributed by atoms with Gasteiger partial charge in [-0.05, 0) is 18.2 Å². The quantitative estimate of drug-likeness (QED) is 0.889. The average Bonchev–Trinajstić information content (AvgIpc) is 2.55. The zero-order valence-corrected chi connectivity index (χ0v) is 13.6. The predicted octanol–water partition coefficient (Wildman–Crippen LogP) is 1.45. The summed E-state index contributed by atoms with van der Waals surface area (Å²) in [4.78, 5) is 13.5. The van der Waals surface area contributed by atoms with Crippen molar-refractivity contribution < 1.29 is 0 Å². The normalized spacial score (nSPS) is 16.6. The van der Waals surface area contributed by atoms with Crippen LogP contribution in [0.5, 0.6) is 0 Å². The van der Waals surface area contributed by atoms with Gasteiger partial charge in [0, 0.05) is 44.4 Å². The van der Waals surface area contributed by atoms with Crippen molar-refractivity contribution >= 4 is 11.6 Å². The van der Waals surface area contributed by atoms with Gasteiger partial charge >= 0.3 is 0 Å². The molecule has 0 aliphatic carbocycles. The lowest BCUT2D eigenvalue weighted by Crippen LogP contribution is -2.45. The number of anilines is 2. The Bertz CT molecular complexity index is 644. The second-order valence-corrected chi connectivity index (χ2v) is 5.95. The third-order valence-corrected chi connectivity index (χ3v) is 4.27. The number of rotatable bonds is 4. The molecular formula is C17H24N6. The lowest BCUT2D eigenvalue weighted by Gasteiger charge is -2.34. The van der Waals surface area contributed by atoms with Crippen molar-refractivity contribution in [3.63, 3.8) is 0 Å². The first-order valence-corrected chi connectivity index (χ1v) is 8.08. The maximum absolute atomic E-state index is 5.77. The fourth-order valence-electron chi connectivity index (χ4n) is 2.95. The minimum Gasteiger partial charge on any atom is -0.384 e. The fourth-order valence-corrected chi connectivity index (χ4v) is 2.95. The molecule has 0 spiro atoms. The van der Waals surface area contributed by atoms with Crippen LogP contribution >= 0.6 is 0 Å². The topological polar surface area (TPSA) is 84.3 Å². The Kier molecular flexibility index (Phi) is 4.73. The van der Waals surface area contributed by atoms with Gasteiger partial charge in [-0.3, -0.25) is 4.90 Å². The molecule has 0 bridgehead atoms. The molecule has 1 saturated heterocycles. The zero-order chi connectivity index (χ0) is 16.2. The summed E-state index contributed by atoms with van der Waals surface area (Å²) in [7, 11) is 0. The van der Waals surface area contributed by atoms with Gasteiger partial charge in [0.15, 0.2) is 5.82 Å². The van der Waals surface area contributed by atoms with Crippen molar-refractivity contribution in [2.24, 2.45) is 0 Å². The first kappa shape index (κ1) is 15.7. The van der Waals surface area contributed by atoms with Crippen LogP contribution in [0.3, 0.4) is 0 Å². The van der Waals surface area contributed by atoms with Crippen molar-refractivity contribution in [1.82, 2.24) is 19.8 Å². The van der Waals surface area contributed by atoms with Crippen LogP contribution < -0.4 is 11.5 Å². The average molecular weight is 312 g/mol. The number of hydrogen-bond donors (Lipinski definition) is 2. The molecule has 3 rings (SSSR count). The molecule has 2 aromatic rings. The molecule has 1 aromatic heterocycles. The molecule has 23 heavy (non-hydrogen) atoms. The van der Waals surface area contributed by atoms with Crippen LogP contribution in [0.1, 0.15) is 12.5 Å². The largest absolute Gasteiger partial charge is 0.384 e. The predicted molar refractivity (Wildman–Crippen MR) is 93.7 cm³/mol. The smallest absolute Gasteiger partial charge is 0.163 e. The van der Waals surface area contributed by atoms with E-state index >= 15 is 0 Å². The second kappa shape index (κ2) is 6.93. The van der Waals surface area contributed by atoms with Gasteiger partial charge in [-0.25, -0.2) is 9.97 Å². The summed E-state index contributed by atoms with van der Waals surface area (Å²) in [5, 5.41) is 0. The summed E-state index contributed by atoms with van der Waals surface area (Å²) in [6.07, 6.45) is 0. The second-order valence-electron chi connectivity index (χ2n) is 5.95. The summed E-state index contributed by atoms with van der Waals surface area (Å²) in [5.41, 5.74) is 13.7. The number of hydrogen-bond acceptors (Lipinski definition) is 6. The van der Waals surface area contributed by atoms with Crippen molar-refractivity contribution in [2.75, 3.05) is 44.2 Å². The van der Waals surface area contributed by atoms with E-state index in [1.807, 2.05) is 12.1 Å². The van der Waals surface area contributed by atoms with Gasteiger partial charge in [-0.2, -0.15) is 0 Å². The minimum absolute atomic E-state index is 0.397. The Balaban J connectivity index is 1.73. The number of benzene rings is 1. The number of aromatic nitrogens is 2. The van der Waals surface area contributed by atoms with E-state index in [0.717, 1.165) is 44.8 Å². The molecule has 6 nitrogen and oxygen atoms in total. The summed E-state index contributed by atoms with van der Waals surface area (Å²) in [5.74, 6) is 1.38. The van der Waals surface area contributed by atoms with Gasteiger partial charge in [0.1, 0.15) is 11.6 Å². The van der Waals surface area contributed by atoms with Gasteiger partial charge in [0.25, 0.3) is 0 Å². The number of piperazine rings is 1. The van der Waals surface area contributed by atoms with Crippen LogP contribution in [0, 0.1) is 0 Å². The SMILES string of the molecule is CCN1CCN(Cc2cccc(-c3nc(N)cc(N)n3)c2)CC1. The van der Waals surface area contributed by atoms with E-state index in [4.69, 9.17) is 11.5 Å². The van der Waals surface area contributed by atoms with Gasteiger partial charge in [-0.1, -0.05) is 25.1 Å². The van der Waals surface area contributed by atoms with Crippen LogP contribution in [-0.2, 0) is 6.54 Å². The lowest BCUT2D eigenvalue weighted by atomic mass is 10.1. The highest BCUT2D eigenvalue weighted by atomic mass is 15.3. The molecule has 1 aliphatic heterocycles. The van der Waals surface area contributed by atoms with E-state index in [1.165, 1.54) is 5.56 Å².